The Morgan fingerprint density at radius 1 is 0.180 bits per heavy atom. The maximum atomic E-state index is 7.10. The van der Waals surface area contributed by atoms with E-state index in [4.69, 9.17) is 34.3 Å². The molecule has 14 heteroatoms. The van der Waals surface area contributed by atoms with Crippen LogP contribution in [-0.2, 0) is 0 Å². The molecular weight excluding hydrogens is 1620 g/mol. The molecule has 0 fully saturated rings. The molecule has 10 heterocycles. The Kier molecular flexibility index (Phi) is 16.1. The van der Waals surface area contributed by atoms with Gasteiger partial charge in [0.1, 0.15) is 5.58 Å². The Labute approximate surface area is 742 Å². The third-order valence-electron chi connectivity index (χ3n) is 25.5. The maximum Gasteiger partial charge on any atom is 0.167 e. The van der Waals surface area contributed by atoms with Gasteiger partial charge in [0, 0.05) is 149 Å². The van der Waals surface area contributed by atoms with Crippen molar-refractivity contribution in [3.8, 4) is 91.1 Å². The molecule has 0 bridgehead atoms. The molecule has 28 rings (SSSR count). The van der Waals surface area contributed by atoms with Crippen LogP contribution in [0.3, 0.4) is 0 Å². The molecule has 0 N–H and O–H groups in total. The van der Waals surface area contributed by atoms with Crippen molar-refractivity contribution in [3.05, 3.63) is 400 Å². The average molecular weight is 1690 g/mol. The molecule has 28 aromatic rings. The number of hydrogen-bond donors (Lipinski definition) is 0. The molecule has 0 radical (unpaired) electrons. The van der Waals surface area contributed by atoms with Crippen LogP contribution >= 0.6 is 34.0 Å². The number of nitrogens with zero attached hydrogens (tertiary/aromatic N) is 10. The molecule has 0 unspecified atom stereocenters. The third-order valence-corrected chi connectivity index (χ3v) is 29.1. The summed E-state index contributed by atoms with van der Waals surface area (Å²) in [5.74, 6) is 3.74. The summed E-state index contributed by atoms with van der Waals surface area (Å²) in [5, 5.41) is 19.4. The molecule has 0 saturated carbocycles. The van der Waals surface area contributed by atoms with E-state index in [0.717, 1.165) is 93.8 Å². The van der Waals surface area contributed by atoms with E-state index in [1.54, 1.807) is 0 Å². The molecule has 0 aliphatic carbocycles. The van der Waals surface area contributed by atoms with Gasteiger partial charge in [-0.05, 0) is 121 Å². The van der Waals surface area contributed by atoms with Gasteiger partial charge in [0.25, 0.3) is 0 Å². The van der Waals surface area contributed by atoms with Crippen LogP contribution in [0.4, 0.5) is 0 Å². The van der Waals surface area contributed by atoms with Crippen molar-refractivity contribution in [1.82, 2.24) is 48.2 Å². The molecular formula is C114H66N10OS3. The Balaban J connectivity index is 0.000000132. The highest BCUT2D eigenvalue weighted by molar-refractivity contribution is 7.27. The number of furan rings is 1. The van der Waals surface area contributed by atoms with Gasteiger partial charge in [0.05, 0.1) is 65.8 Å². The second-order valence-corrected chi connectivity index (χ2v) is 35.9. The molecule has 0 aliphatic rings. The van der Waals surface area contributed by atoms with Crippen LogP contribution in [0, 0.1) is 0 Å². The molecule has 128 heavy (non-hydrogen) atoms. The van der Waals surface area contributed by atoms with E-state index < -0.39 is 0 Å². The first-order chi connectivity index (χ1) is 63.5. The van der Waals surface area contributed by atoms with Crippen molar-refractivity contribution in [3.63, 3.8) is 0 Å². The minimum absolute atomic E-state index is 0.557. The van der Waals surface area contributed by atoms with Crippen molar-refractivity contribution in [1.29, 1.82) is 0 Å². The molecule has 18 aromatic carbocycles. The standard InChI is InChI=1S/C57H33N5OS.C57H33N5S2/c1-3-15-34(16-4-1)55-58-56(35-17-5-2-6-18-35)60-57(59-55)42-24-13-22-40-41-23-14-27-49(54(41)63-53(40)42)62-47-26-11-8-19-37(47)43-31-36(29-30-48(43)62)61-46-25-10-7-20-38(46)44-33-52-45(32-50(44)61)39-21-9-12-28-51(39)64-52;1-3-15-34(16-4-1)55-58-56(35-17-5-2-6-18-35)60-57(59-55)42-24-13-22-40-41-23-14-27-49(54(41)64-53(40)42)62-47-26-11-8-19-37(47)43-31-36(29-30-48(43)62)61-46-25-10-7-20-38(46)44-33-52-45(32-50(44)61)39-21-9-12-28-51(39)63-52/h2*1-33H. The fourth-order valence-electron chi connectivity index (χ4n) is 19.8. The fraction of sp³-hybridized carbons (Fsp3) is 0. The molecule has 11 nitrogen and oxygen atoms in total. The number of rotatable bonds is 10. The number of fused-ring (bicyclic) bond motifs is 24. The predicted molar refractivity (Wildman–Crippen MR) is 536 cm³/mol. The smallest absolute Gasteiger partial charge is 0.167 e. The highest BCUT2D eigenvalue weighted by atomic mass is 32.1. The number of benzene rings is 18. The van der Waals surface area contributed by atoms with Crippen molar-refractivity contribution in [2.75, 3.05) is 0 Å². The molecule has 0 spiro atoms. The van der Waals surface area contributed by atoms with Gasteiger partial charge in [-0.2, -0.15) is 0 Å². The summed E-state index contributed by atoms with van der Waals surface area (Å²) in [7, 11) is 0. The van der Waals surface area contributed by atoms with Crippen LogP contribution in [0.15, 0.2) is 405 Å². The predicted octanol–water partition coefficient (Wildman–Crippen LogP) is 31.1. The monoisotopic (exact) mass is 1690 g/mol. The largest absolute Gasteiger partial charge is 0.453 e. The van der Waals surface area contributed by atoms with Crippen LogP contribution in [0.5, 0.6) is 0 Å². The van der Waals surface area contributed by atoms with Crippen molar-refractivity contribution in [2.45, 2.75) is 0 Å². The van der Waals surface area contributed by atoms with Crippen molar-refractivity contribution in [2.24, 2.45) is 0 Å². The zero-order valence-corrected chi connectivity index (χ0v) is 70.7. The summed E-state index contributed by atoms with van der Waals surface area (Å²) >= 11 is 5.55. The van der Waals surface area contributed by atoms with E-state index in [-0.39, 0.29) is 0 Å². The number of hydrogen-bond acceptors (Lipinski definition) is 10. The number of aromatic nitrogens is 10. The minimum Gasteiger partial charge on any atom is -0.453 e. The van der Waals surface area contributed by atoms with E-state index in [1.807, 2.05) is 137 Å². The van der Waals surface area contributed by atoms with Gasteiger partial charge in [-0.15, -0.1) is 34.0 Å². The normalized spacial score (nSPS) is 12.1. The second kappa shape index (κ2) is 28.6. The minimum atomic E-state index is 0.557. The highest BCUT2D eigenvalue weighted by Crippen LogP contribution is 2.49. The van der Waals surface area contributed by atoms with Gasteiger partial charge in [-0.1, -0.05) is 279 Å². The van der Waals surface area contributed by atoms with E-state index in [0.29, 0.717) is 34.9 Å². The summed E-state index contributed by atoms with van der Waals surface area (Å²) in [6.07, 6.45) is 0. The number of para-hydroxylation sites is 6. The van der Waals surface area contributed by atoms with Gasteiger partial charge >= 0.3 is 0 Å². The summed E-state index contributed by atoms with van der Waals surface area (Å²) in [5.41, 5.74) is 20.8. The highest BCUT2D eigenvalue weighted by Gasteiger charge is 2.27. The molecule has 0 aliphatic heterocycles. The van der Waals surface area contributed by atoms with Gasteiger partial charge in [-0.25, -0.2) is 29.9 Å². The summed E-state index contributed by atoms with van der Waals surface area (Å²) in [6.45, 7) is 0. The Morgan fingerprint density at radius 2 is 0.508 bits per heavy atom. The van der Waals surface area contributed by atoms with Crippen LogP contribution in [0.1, 0.15) is 0 Å². The molecule has 0 saturated heterocycles. The SMILES string of the molecule is c1ccc(-c2nc(-c3ccccc3)nc(-c3cccc4c3oc3c(-n5c6ccccc6c6cc(-n7c8ccccc8c8cc9sc%10ccccc%10c9cc87)ccc65)cccc34)n2)cc1.c1ccc(-c2nc(-c3ccccc3)nc(-c3cccc4c3sc3c(-n5c6ccccc6c6cc(-n7c8ccccc8c8cc9sc%10ccccc%10c9cc87)ccc65)cccc34)n2)cc1. The van der Waals surface area contributed by atoms with Gasteiger partial charge < -0.3 is 22.7 Å². The maximum absolute atomic E-state index is 7.10. The lowest BCUT2D eigenvalue weighted by Gasteiger charge is -2.11. The molecule has 0 amide bonds. The fourth-order valence-corrected chi connectivity index (χ4v) is 23.4. The second-order valence-electron chi connectivity index (χ2n) is 32.7. The van der Waals surface area contributed by atoms with E-state index >= 15 is 0 Å². The Hall–Kier alpha value is -16.4. The van der Waals surface area contributed by atoms with Crippen LogP contribution in [0.2, 0.25) is 0 Å². The molecule has 596 valence electrons. The van der Waals surface area contributed by atoms with E-state index in [2.05, 4.69) is 316 Å². The quantitative estimate of drug-likeness (QED) is 0.134. The first-order valence-corrected chi connectivity index (χ1v) is 45.3. The lowest BCUT2D eigenvalue weighted by molar-refractivity contribution is 0.667. The van der Waals surface area contributed by atoms with Gasteiger partial charge in [0.2, 0.25) is 0 Å². The van der Waals surface area contributed by atoms with Crippen LogP contribution in [0.25, 0.3) is 261 Å². The lowest BCUT2D eigenvalue weighted by atomic mass is 10.1. The van der Waals surface area contributed by atoms with Crippen LogP contribution < -0.4 is 0 Å². The van der Waals surface area contributed by atoms with Gasteiger partial charge in [0.15, 0.2) is 40.5 Å². The molecule has 10 aromatic heterocycles. The van der Waals surface area contributed by atoms with Gasteiger partial charge in [-0.3, -0.25) is 0 Å². The summed E-state index contributed by atoms with van der Waals surface area (Å²) in [4.78, 5) is 30.4. The van der Waals surface area contributed by atoms with Crippen molar-refractivity contribution < 1.29 is 4.42 Å². The molecule has 0 atom stereocenters. The summed E-state index contributed by atoms with van der Waals surface area (Å²) < 4.78 is 24.4. The number of thiophene rings is 3. The third kappa shape index (κ3) is 11.2. The zero-order chi connectivity index (χ0) is 83.8. The first-order valence-electron chi connectivity index (χ1n) is 42.9. The lowest BCUT2D eigenvalue weighted by Crippen LogP contribution is -2.00. The van der Waals surface area contributed by atoms with Crippen LogP contribution in [-0.4, -0.2) is 48.2 Å². The van der Waals surface area contributed by atoms with E-state index in [9.17, 15) is 0 Å². The summed E-state index contributed by atoms with van der Waals surface area (Å²) in [6, 6.07) is 143. The Morgan fingerprint density at radius 3 is 0.969 bits per heavy atom. The average Bonchev–Trinajstić information content (AvgIpc) is 1.57. The zero-order valence-electron chi connectivity index (χ0n) is 68.2. The topological polar surface area (TPSA) is 110 Å². The Bertz CT molecular complexity index is 8830. The first kappa shape index (κ1) is 72.1. The van der Waals surface area contributed by atoms with Crippen molar-refractivity contribution >= 4 is 204 Å². The van der Waals surface area contributed by atoms with E-state index in [1.165, 1.54) is 132 Å².